The molecule has 0 aliphatic carbocycles. The maximum Gasteiger partial charge on any atom is 0.240 e. The molecule has 5 N–H and O–H groups in total. The molecule has 0 bridgehead atoms. The number of nitrogens with zero attached hydrogens (tertiary/aromatic N) is 2. The lowest BCUT2D eigenvalue weighted by molar-refractivity contribution is -0.118. The number of nitrogens with two attached hydrogens (primary N) is 1. The Balaban J connectivity index is 2.20. The average Bonchev–Trinajstić information content (AvgIpc) is 2.86. The molecule has 8 heteroatoms. The number of anilines is 2. The van der Waals surface area contributed by atoms with Gasteiger partial charge in [-0.15, -0.1) is 11.3 Å². The largest absolute Gasteiger partial charge is 0.368 e. The van der Waals surface area contributed by atoms with Gasteiger partial charge in [0.1, 0.15) is 10.6 Å². The van der Waals surface area contributed by atoms with Crippen molar-refractivity contribution in [3.63, 3.8) is 0 Å². The first kappa shape index (κ1) is 14.5. The number of nitrogen functional groups attached to an aromatic ring is 1. The van der Waals surface area contributed by atoms with Gasteiger partial charge >= 0.3 is 0 Å². The third-order valence-electron chi connectivity index (χ3n) is 2.71. The van der Waals surface area contributed by atoms with E-state index < -0.39 is 0 Å². The topological polar surface area (TPSA) is 105 Å². The van der Waals surface area contributed by atoms with Crippen LogP contribution in [-0.4, -0.2) is 29.0 Å². The zero-order valence-corrected chi connectivity index (χ0v) is 12.3. The van der Waals surface area contributed by atoms with Crippen LogP contribution in [0.25, 0.3) is 10.2 Å². The van der Waals surface area contributed by atoms with Crippen molar-refractivity contribution >= 4 is 39.2 Å². The Morgan fingerprint density at radius 1 is 1.40 bits per heavy atom. The van der Waals surface area contributed by atoms with Gasteiger partial charge in [-0.1, -0.05) is 6.92 Å². The smallest absolute Gasteiger partial charge is 0.240 e. The predicted octanol–water partition coefficient (Wildman–Crippen LogP) is 1.09. The lowest BCUT2D eigenvalue weighted by atomic mass is 10.3. The van der Waals surface area contributed by atoms with Crippen molar-refractivity contribution in [2.24, 2.45) is 5.84 Å². The first-order valence-corrected chi connectivity index (χ1v) is 7.21. The van der Waals surface area contributed by atoms with Gasteiger partial charge in [0.15, 0.2) is 0 Å². The molecule has 0 atom stereocenters. The third-order valence-corrected chi connectivity index (χ3v) is 3.89. The minimum Gasteiger partial charge on any atom is -0.368 e. The van der Waals surface area contributed by atoms with Crippen LogP contribution in [0, 0.1) is 0 Å². The number of amides is 1. The SMILES string of the molecule is CCc1cc2c(NCCNC(C)=O)nc(NN)nc2s1. The van der Waals surface area contributed by atoms with Crippen molar-refractivity contribution in [1.29, 1.82) is 0 Å². The predicted molar refractivity (Wildman–Crippen MR) is 81.8 cm³/mol. The van der Waals surface area contributed by atoms with E-state index in [4.69, 9.17) is 5.84 Å². The summed E-state index contributed by atoms with van der Waals surface area (Å²) in [6.45, 7) is 4.72. The van der Waals surface area contributed by atoms with Crippen LogP contribution in [-0.2, 0) is 11.2 Å². The van der Waals surface area contributed by atoms with Gasteiger partial charge in [-0.2, -0.15) is 4.98 Å². The number of fused-ring (bicyclic) bond motifs is 1. The summed E-state index contributed by atoms with van der Waals surface area (Å²) in [5.74, 6) is 6.44. The summed E-state index contributed by atoms with van der Waals surface area (Å²) in [6.07, 6.45) is 0.956. The lowest BCUT2D eigenvalue weighted by Crippen LogP contribution is -2.26. The van der Waals surface area contributed by atoms with Crippen LogP contribution in [0.2, 0.25) is 0 Å². The zero-order chi connectivity index (χ0) is 14.5. The highest BCUT2D eigenvalue weighted by atomic mass is 32.1. The fourth-order valence-corrected chi connectivity index (χ4v) is 2.73. The summed E-state index contributed by atoms with van der Waals surface area (Å²) in [4.78, 5) is 21.6. The lowest BCUT2D eigenvalue weighted by Gasteiger charge is -2.08. The minimum absolute atomic E-state index is 0.0484. The normalized spacial score (nSPS) is 10.6. The fraction of sp³-hybridized carbons (Fsp3) is 0.417. The zero-order valence-electron chi connectivity index (χ0n) is 11.5. The van der Waals surface area contributed by atoms with Gasteiger partial charge < -0.3 is 10.6 Å². The summed E-state index contributed by atoms with van der Waals surface area (Å²) >= 11 is 1.63. The van der Waals surface area contributed by atoms with Crippen molar-refractivity contribution in [2.75, 3.05) is 23.8 Å². The molecular weight excluding hydrogens is 276 g/mol. The number of aryl methyl sites for hydroxylation is 1. The number of thiophene rings is 1. The summed E-state index contributed by atoms with van der Waals surface area (Å²) in [6, 6.07) is 2.08. The van der Waals surface area contributed by atoms with Gasteiger partial charge in [0.2, 0.25) is 11.9 Å². The standard InChI is InChI=1S/C12H18N6OS/c1-3-8-6-9-10(15-5-4-14-7(2)19)16-12(18-13)17-11(9)20-8/h6H,3-5,13H2,1-2H3,(H,14,19)(H2,15,16,17,18). The molecule has 7 nitrogen and oxygen atoms in total. The Kier molecular flexibility index (Phi) is 4.70. The fourth-order valence-electron chi connectivity index (χ4n) is 1.76. The summed E-state index contributed by atoms with van der Waals surface area (Å²) < 4.78 is 0. The maximum atomic E-state index is 10.8. The molecule has 0 saturated heterocycles. The highest BCUT2D eigenvalue weighted by Gasteiger charge is 2.10. The van der Waals surface area contributed by atoms with Crippen LogP contribution >= 0.6 is 11.3 Å². The van der Waals surface area contributed by atoms with Gasteiger partial charge in [0.25, 0.3) is 0 Å². The van der Waals surface area contributed by atoms with E-state index in [1.807, 2.05) is 0 Å². The Morgan fingerprint density at radius 3 is 2.85 bits per heavy atom. The maximum absolute atomic E-state index is 10.8. The number of rotatable bonds is 6. The highest BCUT2D eigenvalue weighted by molar-refractivity contribution is 7.18. The molecule has 2 aromatic heterocycles. The summed E-state index contributed by atoms with van der Waals surface area (Å²) in [5.41, 5.74) is 2.47. The number of carbonyl (C=O) groups is 1. The molecule has 1 amide bonds. The minimum atomic E-state index is -0.0484. The van der Waals surface area contributed by atoms with Gasteiger partial charge in [0.05, 0.1) is 5.39 Å². The quantitative estimate of drug-likeness (QED) is 0.361. The molecule has 2 heterocycles. The second kappa shape index (κ2) is 6.49. The Labute approximate surface area is 121 Å². The van der Waals surface area contributed by atoms with Crippen molar-refractivity contribution in [3.8, 4) is 0 Å². The average molecular weight is 294 g/mol. The van der Waals surface area contributed by atoms with Crippen LogP contribution in [0.3, 0.4) is 0 Å². The molecule has 108 valence electrons. The van der Waals surface area contributed by atoms with Gasteiger partial charge in [-0.25, -0.2) is 10.8 Å². The van der Waals surface area contributed by atoms with E-state index in [-0.39, 0.29) is 5.91 Å². The molecule has 0 spiro atoms. The molecule has 0 unspecified atom stereocenters. The Hall–Kier alpha value is -1.93. The molecule has 2 aromatic rings. The van der Waals surface area contributed by atoms with Gasteiger partial charge in [-0.3, -0.25) is 10.2 Å². The number of hydrazine groups is 1. The summed E-state index contributed by atoms with van der Waals surface area (Å²) in [5, 5.41) is 6.91. The molecule has 2 rings (SSSR count). The number of nitrogens with one attached hydrogen (secondary N) is 3. The van der Waals surface area contributed by atoms with Crippen LogP contribution < -0.4 is 21.9 Å². The van der Waals surface area contributed by atoms with E-state index in [2.05, 4.69) is 39.0 Å². The molecule has 0 aromatic carbocycles. The van der Waals surface area contributed by atoms with Crippen LogP contribution in [0.4, 0.5) is 11.8 Å². The van der Waals surface area contributed by atoms with Crippen LogP contribution in [0.5, 0.6) is 0 Å². The molecule has 0 fully saturated rings. The van der Waals surface area contributed by atoms with Crippen molar-refractivity contribution in [1.82, 2.24) is 15.3 Å². The molecule has 0 aliphatic rings. The number of carbonyl (C=O) groups excluding carboxylic acids is 1. The van der Waals surface area contributed by atoms with Crippen molar-refractivity contribution in [3.05, 3.63) is 10.9 Å². The van der Waals surface area contributed by atoms with Crippen molar-refractivity contribution < 1.29 is 4.79 Å². The monoisotopic (exact) mass is 294 g/mol. The number of aromatic nitrogens is 2. The van der Waals surface area contributed by atoms with Crippen LogP contribution in [0.1, 0.15) is 18.7 Å². The molecule has 0 aliphatic heterocycles. The first-order valence-electron chi connectivity index (χ1n) is 6.39. The molecule has 0 radical (unpaired) electrons. The Morgan fingerprint density at radius 2 is 2.20 bits per heavy atom. The number of hydrogen-bond donors (Lipinski definition) is 4. The van der Waals surface area contributed by atoms with Crippen LogP contribution in [0.15, 0.2) is 6.07 Å². The Bertz CT molecular complexity index is 611. The third kappa shape index (κ3) is 3.34. The van der Waals surface area contributed by atoms with Gasteiger partial charge in [-0.05, 0) is 12.5 Å². The summed E-state index contributed by atoms with van der Waals surface area (Å²) in [7, 11) is 0. The van der Waals surface area contributed by atoms with Gasteiger partial charge in [0, 0.05) is 24.9 Å². The second-order valence-electron chi connectivity index (χ2n) is 4.23. The molecule has 20 heavy (non-hydrogen) atoms. The van der Waals surface area contributed by atoms with E-state index in [9.17, 15) is 4.79 Å². The van der Waals surface area contributed by atoms with E-state index >= 15 is 0 Å². The van der Waals surface area contributed by atoms with E-state index in [0.29, 0.717) is 19.0 Å². The molecular formula is C12H18N6OS. The highest BCUT2D eigenvalue weighted by Crippen LogP contribution is 2.30. The molecule has 0 saturated carbocycles. The first-order chi connectivity index (χ1) is 9.63. The van der Waals surface area contributed by atoms with E-state index in [0.717, 1.165) is 22.5 Å². The van der Waals surface area contributed by atoms with E-state index in [1.54, 1.807) is 11.3 Å². The number of hydrogen-bond acceptors (Lipinski definition) is 7. The second-order valence-corrected chi connectivity index (χ2v) is 5.35. The van der Waals surface area contributed by atoms with Crippen molar-refractivity contribution in [2.45, 2.75) is 20.3 Å². The van der Waals surface area contributed by atoms with E-state index in [1.165, 1.54) is 11.8 Å².